The second-order valence-corrected chi connectivity index (χ2v) is 4.68. The normalized spacial score (nSPS) is 10.5. The summed E-state index contributed by atoms with van der Waals surface area (Å²) >= 11 is 3.00. The number of hydrogen-bond donors (Lipinski definition) is 0. The molecule has 7 heteroatoms. The average molecular weight is 331 g/mol. The molecule has 1 aromatic carbocycles. The van der Waals surface area contributed by atoms with Crippen molar-refractivity contribution in [2.24, 2.45) is 0 Å². The molecule has 0 saturated carbocycles. The van der Waals surface area contributed by atoms with Gasteiger partial charge >= 0.3 is 5.97 Å². The molecule has 0 saturated heterocycles. The molecule has 1 aromatic heterocycles. The molecule has 0 unspecified atom stereocenters. The van der Waals surface area contributed by atoms with Gasteiger partial charge in [0, 0.05) is 16.2 Å². The van der Waals surface area contributed by atoms with Gasteiger partial charge < -0.3 is 4.74 Å². The Balaban J connectivity index is 2.36. The molecule has 2 rings (SSSR count). The van der Waals surface area contributed by atoms with E-state index in [0.29, 0.717) is 10.0 Å². The van der Waals surface area contributed by atoms with E-state index in [2.05, 4.69) is 25.8 Å². The molecular formula is C12H9BrF2N2O2. The van der Waals surface area contributed by atoms with Crippen LogP contribution in [-0.2, 0) is 16.0 Å². The number of halogens is 3. The third-order valence-corrected chi connectivity index (χ3v) is 2.88. The maximum absolute atomic E-state index is 13.7. The first kappa shape index (κ1) is 13.7. The number of carbonyl (C=O) groups is 1. The van der Waals surface area contributed by atoms with E-state index in [0.717, 1.165) is 16.8 Å². The van der Waals surface area contributed by atoms with Gasteiger partial charge in [-0.05, 0) is 12.1 Å². The van der Waals surface area contributed by atoms with Crippen LogP contribution in [0.5, 0.6) is 0 Å². The fourth-order valence-corrected chi connectivity index (χ4v) is 1.97. The molecule has 0 fully saturated rings. The predicted octanol–water partition coefficient (Wildman–Crippen LogP) is 2.63. The maximum atomic E-state index is 13.7. The molecule has 2 aromatic rings. The summed E-state index contributed by atoms with van der Waals surface area (Å²) in [5, 5.41) is 3.84. The highest BCUT2D eigenvalue weighted by Crippen LogP contribution is 2.22. The number of nitrogens with zero attached hydrogens (tertiary/aromatic N) is 2. The van der Waals surface area contributed by atoms with Gasteiger partial charge in [0.2, 0.25) is 0 Å². The highest BCUT2D eigenvalue weighted by Gasteiger charge is 2.14. The second-order valence-electron chi connectivity index (χ2n) is 3.76. The lowest BCUT2D eigenvalue weighted by atomic mass is 10.2. The molecule has 0 radical (unpaired) electrons. The number of rotatable bonds is 3. The van der Waals surface area contributed by atoms with Crippen LogP contribution in [0, 0.1) is 11.6 Å². The molecule has 0 spiro atoms. The summed E-state index contributed by atoms with van der Waals surface area (Å²) in [5.41, 5.74) is 0.216. The van der Waals surface area contributed by atoms with Crippen molar-refractivity contribution < 1.29 is 18.3 Å². The highest BCUT2D eigenvalue weighted by atomic mass is 79.9. The van der Waals surface area contributed by atoms with Gasteiger partial charge in [-0.1, -0.05) is 15.9 Å². The predicted molar refractivity (Wildman–Crippen MR) is 66.9 cm³/mol. The number of esters is 1. The van der Waals surface area contributed by atoms with Gasteiger partial charge in [-0.15, -0.1) is 0 Å². The average Bonchev–Trinajstić information content (AvgIpc) is 2.75. The van der Waals surface area contributed by atoms with E-state index < -0.39 is 17.6 Å². The van der Waals surface area contributed by atoms with Gasteiger partial charge in [-0.3, -0.25) is 4.79 Å². The van der Waals surface area contributed by atoms with Gasteiger partial charge in [-0.2, -0.15) is 5.10 Å². The maximum Gasteiger partial charge on any atom is 0.310 e. The van der Waals surface area contributed by atoms with E-state index in [1.807, 2.05) is 0 Å². The molecule has 0 amide bonds. The van der Waals surface area contributed by atoms with E-state index in [4.69, 9.17) is 0 Å². The Labute approximate surface area is 116 Å². The first-order chi connectivity index (χ1) is 9.01. The van der Waals surface area contributed by atoms with Crippen molar-refractivity contribution in [3.8, 4) is 5.69 Å². The SMILES string of the molecule is COC(=O)Cc1cnn(-c2c(F)cc(Br)cc2F)c1. The summed E-state index contributed by atoms with van der Waals surface area (Å²) < 4.78 is 33.3. The molecule has 0 atom stereocenters. The minimum atomic E-state index is -0.750. The number of ether oxygens (including phenoxy) is 1. The number of benzene rings is 1. The van der Waals surface area contributed by atoms with Crippen LogP contribution >= 0.6 is 15.9 Å². The van der Waals surface area contributed by atoms with Gasteiger partial charge in [0.05, 0.1) is 19.7 Å². The van der Waals surface area contributed by atoms with Crippen LogP contribution in [0.15, 0.2) is 29.0 Å². The van der Waals surface area contributed by atoms with Crippen LogP contribution in [0.3, 0.4) is 0 Å². The molecule has 0 aliphatic carbocycles. The smallest absolute Gasteiger partial charge is 0.310 e. The third kappa shape index (κ3) is 2.98. The lowest BCUT2D eigenvalue weighted by Crippen LogP contribution is -2.04. The lowest BCUT2D eigenvalue weighted by molar-refractivity contribution is -0.139. The Morgan fingerprint density at radius 3 is 2.63 bits per heavy atom. The molecule has 0 N–H and O–H groups in total. The fourth-order valence-electron chi connectivity index (χ4n) is 1.57. The molecule has 100 valence electrons. The Morgan fingerprint density at radius 1 is 1.42 bits per heavy atom. The van der Waals surface area contributed by atoms with E-state index in [1.54, 1.807) is 0 Å². The standard InChI is InChI=1S/C12H9BrF2N2O2/c1-19-11(18)2-7-5-16-17(6-7)12-9(14)3-8(13)4-10(12)15/h3-6H,2H2,1H3. The Hall–Kier alpha value is -1.76. The summed E-state index contributed by atoms with van der Waals surface area (Å²) in [7, 11) is 1.26. The van der Waals surface area contributed by atoms with E-state index >= 15 is 0 Å². The highest BCUT2D eigenvalue weighted by molar-refractivity contribution is 9.10. The van der Waals surface area contributed by atoms with Crippen molar-refractivity contribution in [1.29, 1.82) is 0 Å². The number of methoxy groups -OCH3 is 1. The summed E-state index contributed by atoms with van der Waals surface area (Å²) in [5.74, 6) is -1.95. The van der Waals surface area contributed by atoms with Crippen molar-refractivity contribution >= 4 is 21.9 Å². The molecule has 19 heavy (non-hydrogen) atoms. The molecule has 0 bridgehead atoms. The van der Waals surface area contributed by atoms with Crippen molar-refractivity contribution in [2.75, 3.05) is 7.11 Å². The molecule has 4 nitrogen and oxygen atoms in total. The Bertz CT molecular complexity index is 605. The summed E-state index contributed by atoms with van der Waals surface area (Å²) in [4.78, 5) is 11.1. The molecule has 1 heterocycles. The minimum absolute atomic E-state index is 0.00370. The van der Waals surface area contributed by atoms with E-state index in [-0.39, 0.29) is 12.1 Å². The van der Waals surface area contributed by atoms with Crippen molar-refractivity contribution in [1.82, 2.24) is 9.78 Å². The lowest BCUT2D eigenvalue weighted by Gasteiger charge is -2.05. The van der Waals surface area contributed by atoms with E-state index in [9.17, 15) is 13.6 Å². The molecule has 0 aliphatic heterocycles. The third-order valence-electron chi connectivity index (χ3n) is 2.42. The quantitative estimate of drug-likeness (QED) is 0.812. The van der Waals surface area contributed by atoms with Gasteiger partial charge in [-0.25, -0.2) is 13.5 Å². The molecule has 0 aliphatic rings. The van der Waals surface area contributed by atoms with Gasteiger partial charge in [0.15, 0.2) is 11.6 Å². The summed E-state index contributed by atoms with van der Waals surface area (Å²) in [6.07, 6.45) is 2.74. The zero-order valence-electron chi connectivity index (χ0n) is 9.86. The summed E-state index contributed by atoms with van der Waals surface area (Å²) in [6.45, 7) is 0. The second kappa shape index (κ2) is 5.48. The van der Waals surface area contributed by atoms with Crippen molar-refractivity contribution in [3.05, 3.63) is 46.2 Å². The number of aromatic nitrogens is 2. The zero-order chi connectivity index (χ0) is 14.0. The fraction of sp³-hybridized carbons (Fsp3) is 0.167. The van der Waals surface area contributed by atoms with Crippen LogP contribution in [0.25, 0.3) is 5.69 Å². The zero-order valence-corrected chi connectivity index (χ0v) is 11.4. The summed E-state index contributed by atoms with van der Waals surface area (Å²) in [6, 6.07) is 2.28. The first-order valence-electron chi connectivity index (χ1n) is 5.26. The van der Waals surface area contributed by atoms with Crippen LogP contribution in [0.1, 0.15) is 5.56 Å². The van der Waals surface area contributed by atoms with Crippen LogP contribution in [0.2, 0.25) is 0 Å². The number of hydrogen-bond acceptors (Lipinski definition) is 3. The number of carbonyl (C=O) groups excluding carboxylic acids is 1. The van der Waals surface area contributed by atoms with Gasteiger partial charge in [0.25, 0.3) is 0 Å². The van der Waals surface area contributed by atoms with Crippen molar-refractivity contribution in [3.63, 3.8) is 0 Å². The van der Waals surface area contributed by atoms with Crippen molar-refractivity contribution in [2.45, 2.75) is 6.42 Å². The van der Waals surface area contributed by atoms with E-state index in [1.165, 1.54) is 19.5 Å². The Morgan fingerprint density at radius 2 is 2.05 bits per heavy atom. The van der Waals surface area contributed by atoms with Crippen LogP contribution in [-0.4, -0.2) is 22.9 Å². The minimum Gasteiger partial charge on any atom is -0.469 e. The molecular weight excluding hydrogens is 322 g/mol. The monoisotopic (exact) mass is 330 g/mol. The van der Waals surface area contributed by atoms with Gasteiger partial charge in [0.1, 0.15) is 5.69 Å². The van der Waals surface area contributed by atoms with Crippen LogP contribution < -0.4 is 0 Å². The first-order valence-corrected chi connectivity index (χ1v) is 6.06. The topological polar surface area (TPSA) is 44.1 Å². The largest absolute Gasteiger partial charge is 0.469 e. The Kier molecular flexibility index (Phi) is 3.94. The van der Waals surface area contributed by atoms with Crippen LogP contribution in [0.4, 0.5) is 8.78 Å².